The Morgan fingerprint density at radius 3 is 2.36 bits per heavy atom. The van der Waals surface area contributed by atoms with Crippen molar-refractivity contribution >= 4 is 25.8 Å². The van der Waals surface area contributed by atoms with E-state index < -0.39 is 9.84 Å². The van der Waals surface area contributed by atoms with Crippen LogP contribution in [0.4, 0.5) is 0 Å². The van der Waals surface area contributed by atoms with Gasteiger partial charge in [0.15, 0.2) is 9.84 Å². The molecule has 2 nitrogen and oxygen atoms in total. The first-order valence-electron chi connectivity index (χ1n) is 4.23. The summed E-state index contributed by atoms with van der Waals surface area (Å²) >= 11 is 3.25. The number of sulfone groups is 1. The van der Waals surface area contributed by atoms with Crippen LogP contribution in [0.1, 0.15) is 13.3 Å². The standard InChI is InChI=1S/C10H11BrO2S/c1-2-3-8-14(12,13)10-6-4-9(11)5-7-10/h3-8H,2H2,1H3/b8-3+. The van der Waals surface area contributed by atoms with Crippen LogP contribution in [-0.2, 0) is 9.84 Å². The van der Waals surface area contributed by atoms with Crippen molar-refractivity contribution in [1.29, 1.82) is 0 Å². The summed E-state index contributed by atoms with van der Waals surface area (Å²) in [7, 11) is -3.24. The van der Waals surface area contributed by atoms with Gasteiger partial charge in [-0.05, 0) is 30.7 Å². The molecule has 0 heterocycles. The Morgan fingerprint density at radius 2 is 1.86 bits per heavy atom. The number of benzene rings is 1. The second kappa shape index (κ2) is 4.75. The van der Waals surface area contributed by atoms with Gasteiger partial charge in [0.2, 0.25) is 0 Å². The molecule has 0 aromatic heterocycles. The second-order valence-electron chi connectivity index (χ2n) is 2.78. The van der Waals surface area contributed by atoms with Crippen LogP contribution in [0.3, 0.4) is 0 Å². The molecule has 4 heteroatoms. The average molecular weight is 275 g/mol. The lowest BCUT2D eigenvalue weighted by molar-refractivity contribution is 0.604. The first-order valence-corrected chi connectivity index (χ1v) is 6.57. The van der Waals surface area contributed by atoms with Crippen LogP contribution in [0.5, 0.6) is 0 Å². The fourth-order valence-corrected chi connectivity index (χ4v) is 2.31. The molecule has 76 valence electrons. The summed E-state index contributed by atoms with van der Waals surface area (Å²) in [6.07, 6.45) is 2.35. The van der Waals surface area contributed by atoms with Crippen molar-refractivity contribution in [2.24, 2.45) is 0 Å². The van der Waals surface area contributed by atoms with Crippen LogP contribution in [0.25, 0.3) is 0 Å². The topological polar surface area (TPSA) is 34.1 Å². The maximum atomic E-state index is 11.6. The van der Waals surface area contributed by atoms with Gasteiger partial charge in [-0.3, -0.25) is 0 Å². The maximum absolute atomic E-state index is 11.6. The number of halogens is 1. The lowest BCUT2D eigenvalue weighted by Gasteiger charge is -1.98. The minimum absolute atomic E-state index is 0.324. The molecule has 0 radical (unpaired) electrons. The molecule has 0 spiro atoms. The van der Waals surface area contributed by atoms with Gasteiger partial charge in [0.05, 0.1) is 4.90 Å². The molecule has 0 amide bonds. The highest BCUT2D eigenvalue weighted by molar-refractivity contribution is 9.10. The zero-order valence-electron chi connectivity index (χ0n) is 7.77. The minimum Gasteiger partial charge on any atom is -0.219 e. The highest BCUT2D eigenvalue weighted by Gasteiger charge is 2.08. The normalized spacial score (nSPS) is 12.1. The van der Waals surface area contributed by atoms with E-state index >= 15 is 0 Å². The molecule has 0 bridgehead atoms. The van der Waals surface area contributed by atoms with E-state index in [0.29, 0.717) is 4.90 Å². The number of hydrogen-bond acceptors (Lipinski definition) is 2. The Balaban J connectivity index is 3.05. The summed E-state index contributed by atoms with van der Waals surface area (Å²) < 4.78 is 24.1. The van der Waals surface area contributed by atoms with Crippen molar-refractivity contribution < 1.29 is 8.42 Å². The molecule has 0 aliphatic carbocycles. The van der Waals surface area contributed by atoms with Gasteiger partial charge in [0, 0.05) is 9.88 Å². The largest absolute Gasteiger partial charge is 0.219 e. The second-order valence-corrected chi connectivity index (χ2v) is 5.53. The molecule has 1 aromatic carbocycles. The summed E-state index contributed by atoms with van der Waals surface area (Å²) in [6.45, 7) is 1.90. The first-order chi connectivity index (χ1) is 6.56. The van der Waals surface area contributed by atoms with Crippen LogP contribution in [-0.4, -0.2) is 8.42 Å². The molecule has 0 fully saturated rings. The van der Waals surface area contributed by atoms with Gasteiger partial charge >= 0.3 is 0 Å². The molecule has 1 rings (SSSR count). The van der Waals surface area contributed by atoms with Crippen molar-refractivity contribution in [2.75, 3.05) is 0 Å². The highest BCUT2D eigenvalue weighted by Crippen LogP contribution is 2.16. The smallest absolute Gasteiger partial charge is 0.199 e. The third kappa shape index (κ3) is 2.96. The summed E-state index contributed by atoms with van der Waals surface area (Å²) in [5, 5.41) is 1.25. The van der Waals surface area contributed by atoms with Crippen LogP contribution in [0.2, 0.25) is 0 Å². The Bertz CT molecular complexity index is 418. The molecule has 1 aromatic rings. The van der Waals surface area contributed by atoms with E-state index in [0.717, 1.165) is 10.9 Å². The van der Waals surface area contributed by atoms with Gasteiger partial charge in [-0.2, -0.15) is 0 Å². The van der Waals surface area contributed by atoms with Crippen LogP contribution in [0, 0.1) is 0 Å². The van der Waals surface area contributed by atoms with Gasteiger partial charge in [0.1, 0.15) is 0 Å². The number of rotatable bonds is 3. The molecule has 0 aliphatic rings. The first kappa shape index (κ1) is 11.5. The zero-order chi connectivity index (χ0) is 10.6. The van der Waals surface area contributed by atoms with Gasteiger partial charge in [-0.1, -0.05) is 28.9 Å². The lowest BCUT2D eigenvalue weighted by atomic mass is 10.4. The van der Waals surface area contributed by atoms with Crippen LogP contribution >= 0.6 is 15.9 Å². The van der Waals surface area contributed by atoms with Crippen molar-refractivity contribution in [3.8, 4) is 0 Å². The number of allylic oxidation sites excluding steroid dienone is 1. The summed E-state index contributed by atoms with van der Waals surface area (Å²) in [6, 6.07) is 6.60. The van der Waals surface area contributed by atoms with E-state index in [1.54, 1.807) is 30.3 Å². The molecule has 0 N–H and O–H groups in total. The third-order valence-electron chi connectivity index (χ3n) is 1.65. The molecule has 0 saturated carbocycles. The van der Waals surface area contributed by atoms with E-state index in [1.165, 1.54) is 5.41 Å². The maximum Gasteiger partial charge on any atom is 0.199 e. The summed E-state index contributed by atoms with van der Waals surface area (Å²) in [5.41, 5.74) is 0. The highest BCUT2D eigenvalue weighted by atomic mass is 79.9. The average Bonchev–Trinajstić information content (AvgIpc) is 2.16. The summed E-state index contributed by atoms with van der Waals surface area (Å²) in [4.78, 5) is 0.324. The number of hydrogen-bond donors (Lipinski definition) is 0. The van der Waals surface area contributed by atoms with Crippen molar-refractivity contribution in [3.05, 3.63) is 40.2 Å². The van der Waals surface area contributed by atoms with Crippen LogP contribution < -0.4 is 0 Å². The molecule has 0 unspecified atom stereocenters. The van der Waals surface area contributed by atoms with Crippen molar-refractivity contribution in [3.63, 3.8) is 0 Å². The SMILES string of the molecule is CC/C=C/S(=O)(=O)c1ccc(Br)cc1. The van der Waals surface area contributed by atoms with Gasteiger partial charge in [0.25, 0.3) is 0 Å². The Morgan fingerprint density at radius 1 is 1.29 bits per heavy atom. The quantitative estimate of drug-likeness (QED) is 0.849. The Labute approximate surface area is 92.7 Å². The molecule has 14 heavy (non-hydrogen) atoms. The fourth-order valence-electron chi connectivity index (χ4n) is 0.926. The Kier molecular flexibility index (Phi) is 3.89. The third-order valence-corrected chi connectivity index (χ3v) is 3.66. The minimum atomic E-state index is -3.24. The van der Waals surface area contributed by atoms with Gasteiger partial charge < -0.3 is 0 Å². The Hall–Kier alpha value is -0.610. The van der Waals surface area contributed by atoms with E-state index in [-0.39, 0.29) is 0 Å². The molecular weight excluding hydrogens is 264 g/mol. The van der Waals surface area contributed by atoms with Crippen molar-refractivity contribution in [1.82, 2.24) is 0 Å². The fraction of sp³-hybridized carbons (Fsp3) is 0.200. The van der Waals surface area contributed by atoms with Crippen molar-refractivity contribution in [2.45, 2.75) is 18.2 Å². The van der Waals surface area contributed by atoms with Gasteiger partial charge in [-0.15, -0.1) is 0 Å². The van der Waals surface area contributed by atoms with Gasteiger partial charge in [-0.25, -0.2) is 8.42 Å². The predicted octanol–water partition coefficient (Wildman–Crippen LogP) is 3.15. The summed E-state index contributed by atoms with van der Waals surface area (Å²) in [5.74, 6) is 0. The lowest BCUT2D eigenvalue weighted by Crippen LogP contribution is -1.95. The molecular formula is C10H11BrO2S. The molecule has 0 atom stereocenters. The zero-order valence-corrected chi connectivity index (χ0v) is 10.2. The van der Waals surface area contributed by atoms with E-state index in [9.17, 15) is 8.42 Å². The van der Waals surface area contributed by atoms with E-state index in [4.69, 9.17) is 0 Å². The van der Waals surface area contributed by atoms with E-state index in [1.807, 2.05) is 6.92 Å². The van der Waals surface area contributed by atoms with Crippen LogP contribution in [0.15, 0.2) is 45.1 Å². The monoisotopic (exact) mass is 274 g/mol. The predicted molar refractivity (Wildman–Crippen MR) is 60.8 cm³/mol. The molecule has 0 aliphatic heterocycles. The van der Waals surface area contributed by atoms with E-state index in [2.05, 4.69) is 15.9 Å². The molecule has 0 saturated heterocycles.